The van der Waals surface area contributed by atoms with E-state index in [9.17, 15) is 9.90 Å². The molecule has 0 spiro atoms. The molecule has 22 heavy (non-hydrogen) atoms. The van der Waals surface area contributed by atoms with E-state index in [1.165, 1.54) is 0 Å². The molecule has 0 aliphatic carbocycles. The molecule has 0 radical (unpaired) electrons. The third kappa shape index (κ3) is 3.10. The smallest absolute Gasteiger partial charge is 0.287 e. The number of rotatable bonds is 6. The standard InChI is InChI=1S/C15H18N2O5/c1-3-4-9-5-10(6-11(8-18)14(9)21-2)12-7-13(22-17-12)15(19)16-20/h3,5-6,13,18,20H,1,4,7-8H2,2H3,(H,16,19). The van der Waals surface area contributed by atoms with Crippen LogP contribution in [-0.4, -0.2) is 35.1 Å². The van der Waals surface area contributed by atoms with Gasteiger partial charge in [0.2, 0.25) is 6.10 Å². The van der Waals surface area contributed by atoms with Crippen molar-refractivity contribution in [2.75, 3.05) is 7.11 Å². The molecule has 0 fully saturated rings. The van der Waals surface area contributed by atoms with Gasteiger partial charge < -0.3 is 14.7 Å². The Morgan fingerprint density at radius 1 is 1.59 bits per heavy atom. The number of nitrogens with zero attached hydrogens (tertiary/aromatic N) is 1. The van der Waals surface area contributed by atoms with Crippen molar-refractivity contribution in [2.24, 2.45) is 5.16 Å². The molecule has 1 aromatic rings. The summed E-state index contributed by atoms with van der Waals surface area (Å²) in [5.74, 6) is -0.0451. The zero-order chi connectivity index (χ0) is 16.1. The van der Waals surface area contributed by atoms with E-state index in [4.69, 9.17) is 14.8 Å². The van der Waals surface area contributed by atoms with E-state index in [0.717, 1.165) is 11.1 Å². The lowest BCUT2D eigenvalue weighted by Crippen LogP contribution is -2.32. The molecule has 3 N–H and O–H groups in total. The van der Waals surface area contributed by atoms with Crippen LogP contribution in [-0.2, 0) is 22.7 Å². The van der Waals surface area contributed by atoms with Gasteiger partial charge in [0.25, 0.3) is 5.91 Å². The Labute approximate surface area is 127 Å². The maximum atomic E-state index is 11.4. The Kier molecular flexibility index (Phi) is 5.13. The lowest BCUT2D eigenvalue weighted by atomic mass is 9.97. The van der Waals surface area contributed by atoms with Gasteiger partial charge in [-0.1, -0.05) is 11.2 Å². The van der Waals surface area contributed by atoms with Crippen molar-refractivity contribution in [2.45, 2.75) is 25.6 Å². The van der Waals surface area contributed by atoms with Crippen LogP contribution in [0.2, 0.25) is 0 Å². The van der Waals surface area contributed by atoms with Crippen LogP contribution >= 0.6 is 0 Å². The average Bonchev–Trinajstić information content (AvgIpc) is 3.03. The molecule has 2 rings (SSSR count). The summed E-state index contributed by atoms with van der Waals surface area (Å²) in [6, 6.07) is 3.61. The van der Waals surface area contributed by atoms with Crippen LogP contribution in [0.3, 0.4) is 0 Å². The number of methoxy groups -OCH3 is 1. The average molecular weight is 306 g/mol. The lowest BCUT2D eigenvalue weighted by molar-refractivity contribution is -0.139. The van der Waals surface area contributed by atoms with E-state index in [1.807, 2.05) is 6.07 Å². The zero-order valence-electron chi connectivity index (χ0n) is 12.2. The highest BCUT2D eigenvalue weighted by atomic mass is 16.6. The van der Waals surface area contributed by atoms with Crippen LogP contribution < -0.4 is 10.2 Å². The molecule has 1 amide bonds. The van der Waals surface area contributed by atoms with Crippen molar-refractivity contribution in [1.29, 1.82) is 0 Å². The fourth-order valence-corrected chi connectivity index (χ4v) is 2.37. The normalized spacial score (nSPS) is 16.7. The Bertz CT molecular complexity index is 612. The van der Waals surface area contributed by atoms with Gasteiger partial charge in [-0.15, -0.1) is 6.58 Å². The number of ether oxygens (including phenoxy) is 1. The number of hydroxylamine groups is 1. The second kappa shape index (κ2) is 7.06. The molecule has 7 heteroatoms. The molecule has 0 saturated carbocycles. The van der Waals surface area contributed by atoms with Crippen molar-refractivity contribution >= 4 is 11.6 Å². The second-order valence-corrected chi connectivity index (χ2v) is 4.79. The Morgan fingerprint density at radius 3 is 2.91 bits per heavy atom. The summed E-state index contributed by atoms with van der Waals surface area (Å²) in [5.41, 5.74) is 4.32. The molecule has 1 atom stereocenters. The largest absolute Gasteiger partial charge is 0.496 e. The molecule has 1 aliphatic heterocycles. The van der Waals surface area contributed by atoms with Crippen molar-refractivity contribution < 1.29 is 24.7 Å². The zero-order valence-corrected chi connectivity index (χ0v) is 12.2. The fraction of sp³-hybridized carbons (Fsp3) is 0.333. The molecule has 1 unspecified atom stereocenters. The number of nitrogens with one attached hydrogen (secondary N) is 1. The van der Waals surface area contributed by atoms with Gasteiger partial charge in [0, 0.05) is 17.5 Å². The molecule has 0 aromatic heterocycles. The third-order valence-electron chi connectivity index (χ3n) is 3.39. The molecular formula is C15H18N2O5. The number of amides is 1. The summed E-state index contributed by atoms with van der Waals surface area (Å²) in [4.78, 5) is 16.4. The molecular weight excluding hydrogens is 288 g/mol. The fourth-order valence-electron chi connectivity index (χ4n) is 2.37. The van der Waals surface area contributed by atoms with Crippen LogP contribution in [0, 0.1) is 0 Å². The quantitative estimate of drug-likeness (QED) is 0.412. The van der Waals surface area contributed by atoms with Crippen molar-refractivity contribution in [1.82, 2.24) is 5.48 Å². The number of aliphatic hydroxyl groups is 1. The first kappa shape index (κ1) is 16.0. The predicted octanol–water partition coefficient (Wildman–Crippen LogP) is 0.914. The lowest BCUT2D eigenvalue weighted by Gasteiger charge is -2.14. The number of allylic oxidation sites excluding steroid dienone is 1. The first-order valence-electron chi connectivity index (χ1n) is 6.73. The van der Waals surface area contributed by atoms with Gasteiger partial charge in [-0.05, 0) is 24.1 Å². The molecule has 0 bridgehead atoms. The molecule has 1 heterocycles. The number of benzene rings is 1. The van der Waals surface area contributed by atoms with E-state index in [2.05, 4.69) is 11.7 Å². The van der Waals surface area contributed by atoms with E-state index in [0.29, 0.717) is 23.4 Å². The minimum absolute atomic E-state index is 0.185. The number of hydrogen-bond acceptors (Lipinski definition) is 6. The van der Waals surface area contributed by atoms with Crippen molar-refractivity contribution in [3.63, 3.8) is 0 Å². The van der Waals surface area contributed by atoms with Gasteiger partial charge in [0.15, 0.2) is 0 Å². The number of carbonyl (C=O) groups is 1. The van der Waals surface area contributed by atoms with E-state index < -0.39 is 12.0 Å². The van der Waals surface area contributed by atoms with E-state index in [1.54, 1.807) is 24.7 Å². The minimum atomic E-state index is -0.859. The van der Waals surface area contributed by atoms with Gasteiger partial charge in [-0.3, -0.25) is 10.0 Å². The maximum Gasteiger partial charge on any atom is 0.287 e. The van der Waals surface area contributed by atoms with Gasteiger partial charge in [0.05, 0.1) is 19.4 Å². The summed E-state index contributed by atoms with van der Waals surface area (Å²) in [6.45, 7) is 3.52. The van der Waals surface area contributed by atoms with Crippen LogP contribution in [0.5, 0.6) is 5.75 Å². The number of carbonyl (C=O) groups excluding carboxylic acids is 1. The van der Waals surface area contributed by atoms with Crippen LogP contribution in [0.15, 0.2) is 29.9 Å². The topological polar surface area (TPSA) is 100 Å². The van der Waals surface area contributed by atoms with Gasteiger partial charge >= 0.3 is 0 Å². The van der Waals surface area contributed by atoms with Gasteiger partial charge in [-0.2, -0.15) is 0 Å². The maximum absolute atomic E-state index is 11.4. The first-order valence-corrected chi connectivity index (χ1v) is 6.73. The monoisotopic (exact) mass is 306 g/mol. The minimum Gasteiger partial charge on any atom is -0.496 e. The molecule has 1 aliphatic rings. The van der Waals surface area contributed by atoms with Crippen LogP contribution in [0.1, 0.15) is 23.1 Å². The van der Waals surface area contributed by atoms with Gasteiger partial charge in [0.1, 0.15) is 5.75 Å². The molecule has 1 aromatic carbocycles. The molecule has 0 saturated heterocycles. The highest BCUT2D eigenvalue weighted by Crippen LogP contribution is 2.29. The number of oxime groups is 1. The highest BCUT2D eigenvalue weighted by Gasteiger charge is 2.29. The van der Waals surface area contributed by atoms with Crippen molar-refractivity contribution in [3.05, 3.63) is 41.5 Å². The van der Waals surface area contributed by atoms with E-state index in [-0.39, 0.29) is 13.0 Å². The summed E-state index contributed by atoms with van der Waals surface area (Å²) < 4.78 is 5.34. The number of aliphatic hydroxyl groups excluding tert-OH is 1. The summed E-state index contributed by atoms with van der Waals surface area (Å²) in [7, 11) is 1.54. The molecule has 7 nitrogen and oxygen atoms in total. The summed E-state index contributed by atoms with van der Waals surface area (Å²) >= 11 is 0. The number of hydrogen-bond donors (Lipinski definition) is 3. The predicted molar refractivity (Wildman–Crippen MR) is 78.8 cm³/mol. The summed E-state index contributed by atoms with van der Waals surface area (Å²) in [6.07, 6.45) is 1.68. The SMILES string of the molecule is C=CCc1cc(C2=NOC(C(=O)NO)C2)cc(CO)c1OC. The Hall–Kier alpha value is -2.38. The third-order valence-corrected chi connectivity index (χ3v) is 3.39. The molecule has 118 valence electrons. The van der Waals surface area contributed by atoms with Gasteiger partial charge in [-0.25, -0.2) is 5.48 Å². The van der Waals surface area contributed by atoms with Crippen LogP contribution in [0.25, 0.3) is 0 Å². The van der Waals surface area contributed by atoms with Crippen LogP contribution in [0.4, 0.5) is 0 Å². The van der Waals surface area contributed by atoms with Crippen molar-refractivity contribution in [3.8, 4) is 5.75 Å². The highest BCUT2D eigenvalue weighted by molar-refractivity contribution is 6.04. The Balaban J connectivity index is 2.34. The second-order valence-electron chi connectivity index (χ2n) is 4.79. The summed E-state index contributed by atoms with van der Waals surface area (Å²) in [5, 5.41) is 22.0. The Morgan fingerprint density at radius 2 is 2.32 bits per heavy atom. The van der Waals surface area contributed by atoms with E-state index >= 15 is 0 Å². The first-order chi connectivity index (χ1) is 10.6.